The highest BCUT2D eigenvalue weighted by atomic mass is 32.1. The SMILES string of the molecule is COc1ccc2nc(CF)n(-c3cnc(NCc4snnc4C)cn3)c2c1. The zero-order valence-corrected chi connectivity index (χ0v) is 15.5. The number of hydrogen-bond acceptors (Lipinski definition) is 8. The van der Waals surface area contributed by atoms with Crippen molar-refractivity contribution < 1.29 is 9.13 Å². The molecule has 0 aliphatic carbocycles. The Morgan fingerprint density at radius 1 is 1.26 bits per heavy atom. The van der Waals surface area contributed by atoms with E-state index in [9.17, 15) is 4.39 Å². The molecule has 1 N–H and O–H groups in total. The number of nitrogens with one attached hydrogen (secondary N) is 1. The lowest BCUT2D eigenvalue weighted by Crippen LogP contribution is -2.06. The van der Waals surface area contributed by atoms with Crippen LogP contribution in [0, 0.1) is 6.92 Å². The number of nitrogens with zero attached hydrogens (tertiary/aromatic N) is 6. The second kappa shape index (κ2) is 7.23. The number of hydrogen-bond donors (Lipinski definition) is 1. The highest BCUT2D eigenvalue weighted by Crippen LogP contribution is 2.25. The van der Waals surface area contributed by atoms with Gasteiger partial charge in [-0.05, 0) is 30.6 Å². The zero-order valence-electron chi connectivity index (χ0n) is 14.7. The number of fused-ring (bicyclic) bond motifs is 1. The van der Waals surface area contributed by atoms with Gasteiger partial charge in [0.2, 0.25) is 0 Å². The van der Waals surface area contributed by atoms with Gasteiger partial charge in [0, 0.05) is 6.07 Å². The molecule has 8 nitrogen and oxygen atoms in total. The van der Waals surface area contributed by atoms with E-state index >= 15 is 0 Å². The smallest absolute Gasteiger partial charge is 0.157 e. The Morgan fingerprint density at radius 2 is 2.15 bits per heavy atom. The first-order chi connectivity index (χ1) is 13.2. The summed E-state index contributed by atoms with van der Waals surface area (Å²) in [5, 5.41) is 7.16. The van der Waals surface area contributed by atoms with Crippen LogP contribution in [0.2, 0.25) is 0 Å². The van der Waals surface area contributed by atoms with E-state index in [4.69, 9.17) is 4.74 Å². The van der Waals surface area contributed by atoms with Gasteiger partial charge in [-0.25, -0.2) is 19.3 Å². The standard InChI is InChI=1S/C17H16FN7OS/c1-10-14(27-24-23-10)7-19-15-8-21-17(9-20-15)25-13-5-11(26-2)3-4-12(13)22-16(25)6-18/h3-5,8-9H,6-7H2,1-2H3,(H,19,20). The molecule has 0 spiro atoms. The van der Waals surface area contributed by atoms with Gasteiger partial charge in [-0.1, -0.05) is 4.49 Å². The summed E-state index contributed by atoms with van der Waals surface area (Å²) >= 11 is 1.34. The van der Waals surface area contributed by atoms with Crippen molar-refractivity contribution in [3.63, 3.8) is 0 Å². The third-order valence-electron chi connectivity index (χ3n) is 4.09. The van der Waals surface area contributed by atoms with Crippen molar-refractivity contribution in [1.82, 2.24) is 29.1 Å². The largest absolute Gasteiger partial charge is 0.497 e. The van der Waals surface area contributed by atoms with Crippen LogP contribution in [-0.2, 0) is 13.2 Å². The fourth-order valence-electron chi connectivity index (χ4n) is 2.69. The summed E-state index contributed by atoms with van der Waals surface area (Å²) in [4.78, 5) is 14.2. The van der Waals surface area contributed by atoms with Crippen LogP contribution in [0.15, 0.2) is 30.6 Å². The van der Waals surface area contributed by atoms with Crippen molar-refractivity contribution in [1.29, 1.82) is 0 Å². The molecule has 0 unspecified atom stereocenters. The first-order valence-corrected chi connectivity index (χ1v) is 8.92. The molecule has 0 atom stereocenters. The minimum atomic E-state index is -0.712. The molecule has 1 aromatic carbocycles. The molecule has 4 aromatic rings. The highest BCUT2D eigenvalue weighted by Gasteiger charge is 2.14. The van der Waals surface area contributed by atoms with Gasteiger partial charge in [0.15, 0.2) is 5.82 Å². The summed E-state index contributed by atoms with van der Waals surface area (Å²) in [6, 6.07) is 5.38. The number of rotatable bonds is 6. The molecule has 27 heavy (non-hydrogen) atoms. The van der Waals surface area contributed by atoms with Crippen LogP contribution in [0.3, 0.4) is 0 Å². The van der Waals surface area contributed by atoms with E-state index in [1.807, 2.05) is 6.92 Å². The fraction of sp³-hybridized carbons (Fsp3) is 0.235. The van der Waals surface area contributed by atoms with Gasteiger partial charge in [-0.15, -0.1) is 5.10 Å². The first kappa shape index (κ1) is 17.3. The predicted octanol–water partition coefficient (Wildman–Crippen LogP) is 3.07. The van der Waals surface area contributed by atoms with E-state index in [0.29, 0.717) is 35.0 Å². The number of aromatic nitrogens is 6. The number of benzene rings is 1. The van der Waals surface area contributed by atoms with Crippen LogP contribution in [0.5, 0.6) is 5.75 Å². The van der Waals surface area contributed by atoms with Crippen LogP contribution in [0.1, 0.15) is 16.4 Å². The van der Waals surface area contributed by atoms with Gasteiger partial charge in [0.25, 0.3) is 0 Å². The molecule has 0 fully saturated rings. The highest BCUT2D eigenvalue weighted by molar-refractivity contribution is 7.05. The molecule has 3 heterocycles. The Hall–Kier alpha value is -3.14. The van der Waals surface area contributed by atoms with Gasteiger partial charge < -0.3 is 10.1 Å². The Labute approximate surface area is 158 Å². The Morgan fingerprint density at radius 3 is 2.81 bits per heavy atom. The monoisotopic (exact) mass is 385 g/mol. The molecule has 4 rings (SSSR count). The van der Waals surface area contributed by atoms with Gasteiger partial charge in [-0.3, -0.25) is 4.57 Å². The number of alkyl halides is 1. The third kappa shape index (κ3) is 3.31. The van der Waals surface area contributed by atoms with Crippen molar-refractivity contribution in [3.05, 3.63) is 47.0 Å². The van der Waals surface area contributed by atoms with Gasteiger partial charge >= 0.3 is 0 Å². The van der Waals surface area contributed by atoms with E-state index in [-0.39, 0.29) is 5.82 Å². The summed E-state index contributed by atoms with van der Waals surface area (Å²) in [5.41, 5.74) is 2.27. The molecule has 10 heteroatoms. The van der Waals surface area contributed by atoms with E-state index in [1.54, 1.807) is 42.3 Å². The minimum absolute atomic E-state index is 0.264. The van der Waals surface area contributed by atoms with Gasteiger partial charge in [0.05, 0.1) is 47.7 Å². The third-order valence-corrected chi connectivity index (χ3v) is 4.92. The van der Waals surface area contributed by atoms with Gasteiger partial charge in [0.1, 0.15) is 24.1 Å². The lowest BCUT2D eigenvalue weighted by molar-refractivity contribution is 0.415. The quantitative estimate of drug-likeness (QED) is 0.545. The molecule has 0 radical (unpaired) electrons. The molecule has 0 bridgehead atoms. The van der Waals surface area contributed by atoms with E-state index < -0.39 is 6.67 Å². The van der Waals surface area contributed by atoms with E-state index in [1.165, 1.54) is 11.5 Å². The summed E-state index contributed by atoms with van der Waals surface area (Å²) < 4.78 is 24.3. The Bertz CT molecular complexity index is 1080. The zero-order chi connectivity index (χ0) is 18.8. The maximum Gasteiger partial charge on any atom is 0.157 e. The number of imidazole rings is 1. The van der Waals surface area contributed by atoms with E-state index in [2.05, 4.69) is 29.9 Å². The van der Waals surface area contributed by atoms with Crippen LogP contribution in [-0.4, -0.2) is 36.2 Å². The molecule has 138 valence electrons. The number of halogens is 1. The van der Waals surface area contributed by atoms with Crippen molar-refractivity contribution in [2.75, 3.05) is 12.4 Å². The van der Waals surface area contributed by atoms with Crippen LogP contribution < -0.4 is 10.1 Å². The lowest BCUT2D eigenvalue weighted by Gasteiger charge is -2.08. The lowest BCUT2D eigenvalue weighted by atomic mass is 10.3. The van der Waals surface area contributed by atoms with Crippen LogP contribution in [0.4, 0.5) is 10.2 Å². The van der Waals surface area contributed by atoms with Crippen LogP contribution in [0.25, 0.3) is 16.9 Å². The first-order valence-electron chi connectivity index (χ1n) is 8.15. The molecular weight excluding hydrogens is 369 g/mol. The van der Waals surface area contributed by atoms with E-state index in [0.717, 1.165) is 10.6 Å². The summed E-state index contributed by atoms with van der Waals surface area (Å²) in [5.74, 6) is 2.02. The Kier molecular flexibility index (Phi) is 4.63. The molecule has 0 aliphatic rings. The summed E-state index contributed by atoms with van der Waals surface area (Å²) in [6.07, 6.45) is 3.19. The van der Waals surface area contributed by atoms with Crippen molar-refractivity contribution in [3.8, 4) is 11.6 Å². The predicted molar refractivity (Wildman–Crippen MR) is 100.0 cm³/mol. The second-order valence-corrected chi connectivity index (χ2v) is 6.59. The van der Waals surface area contributed by atoms with Gasteiger partial charge in [-0.2, -0.15) is 0 Å². The maximum atomic E-state index is 13.5. The summed E-state index contributed by atoms with van der Waals surface area (Å²) in [7, 11) is 1.58. The molecule has 0 amide bonds. The minimum Gasteiger partial charge on any atom is -0.497 e. The fourth-order valence-corrected chi connectivity index (χ4v) is 3.26. The average Bonchev–Trinajstić information content (AvgIpc) is 3.29. The van der Waals surface area contributed by atoms with Crippen molar-refractivity contribution in [2.45, 2.75) is 20.1 Å². The summed E-state index contributed by atoms with van der Waals surface area (Å²) in [6.45, 7) is 1.76. The number of ether oxygens (including phenoxy) is 1. The molecule has 0 saturated heterocycles. The molecule has 3 aromatic heterocycles. The number of anilines is 1. The molecular formula is C17H16FN7OS. The topological polar surface area (TPSA) is 90.6 Å². The number of aryl methyl sites for hydroxylation is 1. The molecule has 0 saturated carbocycles. The second-order valence-electron chi connectivity index (χ2n) is 5.75. The number of methoxy groups -OCH3 is 1. The maximum absolute atomic E-state index is 13.5. The molecule has 0 aliphatic heterocycles. The van der Waals surface area contributed by atoms with Crippen molar-refractivity contribution >= 4 is 28.4 Å². The van der Waals surface area contributed by atoms with Crippen molar-refractivity contribution in [2.24, 2.45) is 0 Å². The Balaban J connectivity index is 1.64. The van der Waals surface area contributed by atoms with Crippen LogP contribution >= 0.6 is 11.5 Å². The normalized spacial score (nSPS) is 11.1. The average molecular weight is 385 g/mol.